The summed E-state index contributed by atoms with van der Waals surface area (Å²) in [5.74, 6) is 0. The summed E-state index contributed by atoms with van der Waals surface area (Å²) in [5, 5.41) is 0. The fourth-order valence-corrected chi connectivity index (χ4v) is 6.30. The van der Waals surface area contributed by atoms with Crippen molar-refractivity contribution in [1.82, 2.24) is 4.90 Å². The molecule has 2 aromatic rings. The van der Waals surface area contributed by atoms with Crippen LogP contribution in [0.4, 0.5) is 0 Å². The van der Waals surface area contributed by atoms with Gasteiger partial charge in [0.15, 0.2) is 0 Å². The number of hydrogen-bond acceptors (Lipinski definition) is 3. The lowest BCUT2D eigenvalue weighted by Gasteiger charge is -2.34. The van der Waals surface area contributed by atoms with Crippen LogP contribution in [0, 0.1) is 0 Å². The average molecular weight is 363 g/mol. The smallest absolute Gasteiger partial charge is 0.207 e. The first kappa shape index (κ1) is 16.0. The number of rotatable bonds is 3. The Morgan fingerprint density at radius 1 is 0.962 bits per heavy atom. The first-order chi connectivity index (χ1) is 12.6. The Balaban J connectivity index is 1.46. The van der Waals surface area contributed by atoms with Crippen molar-refractivity contribution in [2.75, 3.05) is 0 Å². The molecule has 0 amide bonds. The van der Waals surface area contributed by atoms with E-state index in [9.17, 15) is 8.42 Å². The first-order valence-electron chi connectivity index (χ1n) is 9.19. The summed E-state index contributed by atoms with van der Waals surface area (Å²) in [4.78, 5) is 3.51. The molecule has 0 aliphatic carbocycles. The molecule has 1 fully saturated rings. The van der Waals surface area contributed by atoms with Gasteiger partial charge in [-0.3, -0.25) is 4.90 Å². The number of hydrogen-bond donors (Lipinski definition) is 0. The summed E-state index contributed by atoms with van der Waals surface area (Å²) in [7, 11) is -3.37. The molecule has 2 atom stereocenters. The third-order valence-corrected chi connectivity index (χ3v) is 7.76. The molecule has 2 unspecified atom stereocenters. The van der Waals surface area contributed by atoms with E-state index in [4.69, 9.17) is 0 Å². The minimum Gasteiger partial charge on any atom is -0.289 e. The second-order valence-corrected chi connectivity index (χ2v) is 9.29. The summed E-state index contributed by atoms with van der Waals surface area (Å²) in [6.07, 6.45) is 7.14. The van der Waals surface area contributed by atoms with Gasteiger partial charge in [-0.25, -0.2) is 8.42 Å². The number of allylic oxidation sites excluding steroid dienone is 1. The third kappa shape index (κ3) is 2.48. The molecule has 0 aromatic heterocycles. The van der Waals surface area contributed by atoms with Crippen molar-refractivity contribution in [3.63, 3.8) is 0 Å². The van der Waals surface area contributed by atoms with Crippen LogP contribution in [0.3, 0.4) is 0 Å². The lowest BCUT2D eigenvalue weighted by Crippen LogP contribution is -2.38. The van der Waals surface area contributed by atoms with Crippen LogP contribution in [0.5, 0.6) is 0 Å². The van der Waals surface area contributed by atoms with E-state index in [1.807, 2.05) is 24.3 Å². The van der Waals surface area contributed by atoms with Gasteiger partial charge in [-0.1, -0.05) is 54.6 Å². The molecule has 3 nitrogen and oxygen atoms in total. The second kappa shape index (κ2) is 5.93. The van der Waals surface area contributed by atoms with Crippen molar-refractivity contribution in [3.8, 4) is 0 Å². The minimum absolute atomic E-state index is 0.337. The molecule has 5 rings (SSSR count). The Morgan fingerprint density at radius 2 is 1.73 bits per heavy atom. The summed E-state index contributed by atoms with van der Waals surface area (Å²) in [6, 6.07) is 18.6. The van der Waals surface area contributed by atoms with E-state index >= 15 is 0 Å². The predicted octanol–water partition coefficient (Wildman–Crippen LogP) is 4.18. The highest BCUT2D eigenvalue weighted by Crippen LogP contribution is 2.43. The molecule has 3 heterocycles. The van der Waals surface area contributed by atoms with Gasteiger partial charge in [-0.15, -0.1) is 0 Å². The van der Waals surface area contributed by atoms with Gasteiger partial charge in [-0.2, -0.15) is 0 Å². The SMILES string of the molecule is O=S1(=O)C(C2=CC3CCC(C2)N3Cc2ccccc2)=Cc2ccccc21. The van der Waals surface area contributed by atoms with Gasteiger partial charge >= 0.3 is 0 Å². The Hall–Kier alpha value is -2.17. The van der Waals surface area contributed by atoms with Crippen LogP contribution in [-0.4, -0.2) is 25.4 Å². The number of nitrogens with zero attached hydrogens (tertiary/aromatic N) is 1. The van der Waals surface area contributed by atoms with Crippen molar-refractivity contribution >= 4 is 15.9 Å². The van der Waals surface area contributed by atoms with Crippen LogP contribution in [0.1, 0.15) is 30.4 Å². The summed E-state index contributed by atoms with van der Waals surface area (Å²) in [6.45, 7) is 0.936. The Morgan fingerprint density at radius 3 is 2.50 bits per heavy atom. The Labute approximate surface area is 154 Å². The zero-order chi connectivity index (χ0) is 17.7. The Bertz CT molecular complexity index is 1020. The van der Waals surface area contributed by atoms with E-state index in [-0.39, 0.29) is 0 Å². The topological polar surface area (TPSA) is 37.4 Å². The van der Waals surface area contributed by atoms with Gasteiger partial charge < -0.3 is 0 Å². The zero-order valence-electron chi connectivity index (χ0n) is 14.5. The molecule has 3 aliphatic rings. The molecule has 1 saturated heterocycles. The normalized spacial score (nSPS) is 26.3. The van der Waals surface area contributed by atoms with Crippen LogP contribution in [0.15, 0.2) is 76.0 Å². The van der Waals surface area contributed by atoms with Gasteiger partial charge in [0.2, 0.25) is 9.84 Å². The summed E-state index contributed by atoms with van der Waals surface area (Å²) >= 11 is 0. The number of sulfone groups is 1. The minimum atomic E-state index is -3.37. The summed E-state index contributed by atoms with van der Waals surface area (Å²) < 4.78 is 25.9. The standard InChI is InChI=1S/C22H21NO2S/c24-26(25)21-9-5-4-8-17(21)14-22(26)18-12-19-10-11-20(13-18)23(19)15-16-6-2-1-3-7-16/h1-9,12,14,19-20H,10-11,13,15H2. The van der Waals surface area contributed by atoms with E-state index in [0.717, 1.165) is 36.9 Å². The average Bonchev–Trinajstić information content (AvgIpc) is 3.05. The molecule has 2 aromatic carbocycles. The highest BCUT2D eigenvalue weighted by Gasteiger charge is 2.40. The number of benzene rings is 2. The molecule has 26 heavy (non-hydrogen) atoms. The third-order valence-electron chi connectivity index (χ3n) is 5.85. The van der Waals surface area contributed by atoms with Crippen molar-refractivity contribution < 1.29 is 8.42 Å². The molecule has 0 N–H and O–H groups in total. The molecule has 0 saturated carbocycles. The maximum atomic E-state index is 13.0. The fraction of sp³-hybridized carbons (Fsp3) is 0.273. The highest BCUT2D eigenvalue weighted by atomic mass is 32.2. The van der Waals surface area contributed by atoms with E-state index in [0.29, 0.717) is 21.9 Å². The number of fused-ring (bicyclic) bond motifs is 3. The van der Waals surface area contributed by atoms with E-state index in [1.165, 1.54) is 5.56 Å². The molecular formula is C22H21NO2S. The van der Waals surface area contributed by atoms with Crippen LogP contribution in [0.25, 0.3) is 6.08 Å². The lowest BCUT2D eigenvalue weighted by molar-refractivity contribution is 0.197. The zero-order valence-corrected chi connectivity index (χ0v) is 15.3. The molecule has 132 valence electrons. The molecular weight excluding hydrogens is 342 g/mol. The molecule has 4 heteroatoms. The van der Waals surface area contributed by atoms with E-state index in [1.54, 1.807) is 12.1 Å². The highest BCUT2D eigenvalue weighted by molar-refractivity contribution is 7.96. The van der Waals surface area contributed by atoms with Crippen molar-refractivity contribution in [1.29, 1.82) is 0 Å². The predicted molar refractivity (Wildman–Crippen MR) is 103 cm³/mol. The van der Waals surface area contributed by atoms with Crippen LogP contribution >= 0.6 is 0 Å². The van der Waals surface area contributed by atoms with Gasteiger partial charge in [-0.05, 0) is 48.1 Å². The fourth-order valence-electron chi connectivity index (χ4n) is 4.59. The van der Waals surface area contributed by atoms with Gasteiger partial charge in [0.05, 0.1) is 9.80 Å². The molecule has 3 aliphatic heterocycles. The second-order valence-electron chi connectivity index (χ2n) is 7.40. The van der Waals surface area contributed by atoms with Crippen molar-refractivity contribution in [2.45, 2.75) is 42.8 Å². The Kier molecular flexibility index (Phi) is 3.66. The monoisotopic (exact) mass is 363 g/mol. The van der Waals surface area contributed by atoms with Crippen LogP contribution in [0.2, 0.25) is 0 Å². The largest absolute Gasteiger partial charge is 0.289 e. The lowest BCUT2D eigenvalue weighted by atomic mass is 9.99. The maximum Gasteiger partial charge on any atom is 0.207 e. The first-order valence-corrected chi connectivity index (χ1v) is 10.7. The van der Waals surface area contributed by atoms with Crippen molar-refractivity contribution in [3.05, 3.63) is 82.3 Å². The molecule has 0 radical (unpaired) electrons. The van der Waals surface area contributed by atoms with Gasteiger partial charge in [0.25, 0.3) is 0 Å². The van der Waals surface area contributed by atoms with E-state index in [2.05, 4.69) is 35.2 Å². The quantitative estimate of drug-likeness (QED) is 0.821. The van der Waals surface area contributed by atoms with E-state index < -0.39 is 9.84 Å². The molecule has 0 spiro atoms. The van der Waals surface area contributed by atoms with Gasteiger partial charge in [0, 0.05) is 18.6 Å². The van der Waals surface area contributed by atoms with Crippen LogP contribution in [-0.2, 0) is 16.4 Å². The molecule has 2 bridgehead atoms. The summed E-state index contributed by atoms with van der Waals surface area (Å²) in [5.41, 5.74) is 3.15. The van der Waals surface area contributed by atoms with Crippen molar-refractivity contribution in [2.24, 2.45) is 0 Å². The van der Waals surface area contributed by atoms with Gasteiger partial charge in [0.1, 0.15) is 0 Å². The maximum absolute atomic E-state index is 13.0. The van der Waals surface area contributed by atoms with Crippen LogP contribution < -0.4 is 0 Å².